The van der Waals surface area contributed by atoms with Gasteiger partial charge in [0.1, 0.15) is 4.60 Å². The molecule has 1 aromatic rings. The number of carbonyl (C=O) groups excluding carboxylic acids is 1. The van der Waals surface area contributed by atoms with Crippen LogP contribution in [-0.2, 0) is 0 Å². The molecule has 1 rings (SSSR count). The van der Waals surface area contributed by atoms with Crippen LogP contribution in [0.4, 0.5) is 0 Å². The molecule has 94 valence electrons. The quantitative estimate of drug-likeness (QED) is 0.845. The van der Waals surface area contributed by atoms with Gasteiger partial charge in [-0.05, 0) is 49.0 Å². The molecule has 0 radical (unpaired) electrons. The first kappa shape index (κ1) is 14.1. The van der Waals surface area contributed by atoms with E-state index >= 15 is 0 Å². The number of nitrogens with zero attached hydrogens (tertiary/aromatic N) is 2. The lowest BCUT2D eigenvalue weighted by atomic mass is 10.2. The number of hydrogen-bond acceptors (Lipinski definition) is 3. The third-order valence-electron chi connectivity index (χ3n) is 2.62. The van der Waals surface area contributed by atoms with Crippen molar-refractivity contribution < 1.29 is 4.79 Å². The third kappa shape index (κ3) is 4.83. The van der Waals surface area contributed by atoms with Gasteiger partial charge >= 0.3 is 0 Å². The number of amides is 1. The molecule has 0 unspecified atom stereocenters. The van der Waals surface area contributed by atoms with Crippen LogP contribution in [0.2, 0.25) is 0 Å². The van der Waals surface area contributed by atoms with Gasteiger partial charge in [0, 0.05) is 30.9 Å². The van der Waals surface area contributed by atoms with E-state index in [1.54, 1.807) is 18.3 Å². The number of carbonyl (C=O) groups is 1. The van der Waals surface area contributed by atoms with E-state index in [9.17, 15) is 4.79 Å². The Morgan fingerprint density at radius 1 is 1.59 bits per heavy atom. The molecule has 0 aliphatic rings. The van der Waals surface area contributed by atoms with Crippen molar-refractivity contribution in [2.24, 2.45) is 0 Å². The highest BCUT2D eigenvalue weighted by Crippen LogP contribution is 2.07. The first-order valence-electron chi connectivity index (χ1n) is 5.60. The minimum atomic E-state index is -0.0646. The number of aromatic nitrogens is 1. The van der Waals surface area contributed by atoms with Crippen molar-refractivity contribution >= 4 is 21.8 Å². The van der Waals surface area contributed by atoms with E-state index in [4.69, 9.17) is 0 Å². The topological polar surface area (TPSA) is 45.2 Å². The van der Waals surface area contributed by atoms with Gasteiger partial charge in [-0.1, -0.05) is 0 Å². The molecule has 0 spiro atoms. The number of pyridine rings is 1. The van der Waals surface area contributed by atoms with Crippen LogP contribution in [0, 0.1) is 0 Å². The highest BCUT2D eigenvalue weighted by atomic mass is 79.9. The Morgan fingerprint density at radius 2 is 2.29 bits per heavy atom. The predicted octanol–water partition coefficient (Wildman–Crippen LogP) is 1.91. The van der Waals surface area contributed by atoms with Crippen LogP contribution in [-0.4, -0.2) is 42.0 Å². The summed E-state index contributed by atoms with van der Waals surface area (Å²) in [4.78, 5) is 17.9. The maximum atomic E-state index is 11.8. The normalized spacial score (nSPS) is 10.9. The molecule has 0 bridgehead atoms. The van der Waals surface area contributed by atoms with E-state index in [1.165, 1.54) is 0 Å². The summed E-state index contributed by atoms with van der Waals surface area (Å²) in [6.45, 7) is 5.74. The average Bonchev–Trinajstić information content (AvgIpc) is 2.28. The van der Waals surface area contributed by atoms with Gasteiger partial charge < -0.3 is 10.2 Å². The summed E-state index contributed by atoms with van der Waals surface area (Å²) >= 11 is 3.24. The van der Waals surface area contributed by atoms with Crippen LogP contribution in [0.5, 0.6) is 0 Å². The molecule has 1 N–H and O–H groups in total. The molecule has 0 fully saturated rings. The van der Waals surface area contributed by atoms with Gasteiger partial charge in [-0.2, -0.15) is 0 Å². The summed E-state index contributed by atoms with van der Waals surface area (Å²) < 4.78 is 0.671. The van der Waals surface area contributed by atoms with Crippen molar-refractivity contribution in [2.75, 3.05) is 20.1 Å². The number of halogens is 1. The fraction of sp³-hybridized carbons (Fsp3) is 0.500. The van der Waals surface area contributed by atoms with Gasteiger partial charge in [-0.3, -0.25) is 4.79 Å². The summed E-state index contributed by atoms with van der Waals surface area (Å²) in [5.41, 5.74) is 0.624. The number of nitrogens with one attached hydrogen (secondary N) is 1. The second kappa shape index (κ2) is 6.71. The molecule has 0 aliphatic heterocycles. The van der Waals surface area contributed by atoms with Crippen LogP contribution in [0.1, 0.15) is 24.2 Å². The Morgan fingerprint density at radius 3 is 2.88 bits per heavy atom. The predicted molar refractivity (Wildman–Crippen MR) is 72.0 cm³/mol. The van der Waals surface area contributed by atoms with Crippen molar-refractivity contribution in [3.05, 3.63) is 28.5 Å². The molecule has 17 heavy (non-hydrogen) atoms. The molecular formula is C12H18BrN3O. The van der Waals surface area contributed by atoms with Crippen molar-refractivity contribution in [2.45, 2.75) is 19.9 Å². The lowest BCUT2D eigenvalue weighted by Gasteiger charge is -2.20. The van der Waals surface area contributed by atoms with Crippen molar-refractivity contribution in [3.63, 3.8) is 0 Å². The maximum Gasteiger partial charge on any atom is 0.251 e. The Labute approximate surface area is 111 Å². The van der Waals surface area contributed by atoms with E-state index in [0.29, 0.717) is 22.8 Å². The van der Waals surface area contributed by atoms with Crippen LogP contribution in [0.15, 0.2) is 22.9 Å². The zero-order valence-electron chi connectivity index (χ0n) is 10.4. The zero-order chi connectivity index (χ0) is 12.8. The molecule has 4 nitrogen and oxygen atoms in total. The average molecular weight is 300 g/mol. The van der Waals surface area contributed by atoms with Gasteiger partial charge in [-0.25, -0.2) is 4.98 Å². The van der Waals surface area contributed by atoms with Gasteiger partial charge in [0.2, 0.25) is 0 Å². The standard InChI is InChI=1S/C12H18BrN3O/c1-9(2)16(3)7-6-15-12(17)10-4-5-14-11(13)8-10/h4-5,8-9H,6-7H2,1-3H3,(H,15,17). The van der Waals surface area contributed by atoms with E-state index in [1.807, 2.05) is 7.05 Å². The summed E-state index contributed by atoms with van der Waals surface area (Å²) in [5.74, 6) is -0.0646. The molecule has 0 aromatic carbocycles. The minimum absolute atomic E-state index is 0.0646. The molecule has 1 amide bonds. The molecule has 5 heteroatoms. The first-order chi connectivity index (χ1) is 8.00. The molecule has 0 saturated carbocycles. The number of likely N-dealkylation sites (N-methyl/N-ethyl adjacent to an activating group) is 1. The Hall–Kier alpha value is -0.940. The monoisotopic (exact) mass is 299 g/mol. The fourth-order valence-corrected chi connectivity index (χ4v) is 1.61. The summed E-state index contributed by atoms with van der Waals surface area (Å²) in [7, 11) is 2.04. The Balaban J connectivity index is 2.40. The smallest absolute Gasteiger partial charge is 0.251 e. The van der Waals surface area contributed by atoms with Crippen LogP contribution >= 0.6 is 15.9 Å². The van der Waals surface area contributed by atoms with Gasteiger partial charge in [0.15, 0.2) is 0 Å². The van der Waals surface area contributed by atoms with E-state index in [-0.39, 0.29) is 5.91 Å². The minimum Gasteiger partial charge on any atom is -0.351 e. The molecule has 0 aliphatic carbocycles. The van der Waals surface area contributed by atoms with Crippen LogP contribution in [0.3, 0.4) is 0 Å². The highest BCUT2D eigenvalue weighted by molar-refractivity contribution is 9.10. The Kier molecular flexibility index (Phi) is 5.58. The van der Waals surface area contributed by atoms with Gasteiger partial charge in [0.05, 0.1) is 0 Å². The largest absolute Gasteiger partial charge is 0.351 e. The summed E-state index contributed by atoms with van der Waals surface area (Å²) in [6, 6.07) is 3.90. The number of rotatable bonds is 5. The van der Waals surface area contributed by atoms with E-state index < -0.39 is 0 Å². The van der Waals surface area contributed by atoms with Gasteiger partial charge in [0.25, 0.3) is 5.91 Å². The van der Waals surface area contributed by atoms with Crippen molar-refractivity contribution in [1.82, 2.24) is 15.2 Å². The fourth-order valence-electron chi connectivity index (χ4n) is 1.25. The maximum absolute atomic E-state index is 11.8. The lowest BCUT2D eigenvalue weighted by molar-refractivity contribution is 0.0948. The van der Waals surface area contributed by atoms with Crippen molar-refractivity contribution in [3.8, 4) is 0 Å². The van der Waals surface area contributed by atoms with Crippen molar-refractivity contribution in [1.29, 1.82) is 0 Å². The lowest BCUT2D eigenvalue weighted by Crippen LogP contribution is -2.36. The van der Waals surface area contributed by atoms with Gasteiger partial charge in [-0.15, -0.1) is 0 Å². The molecule has 0 saturated heterocycles. The first-order valence-corrected chi connectivity index (χ1v) is 6.40. The Bertz CT molecular complexity index is 382. The second-order valence-corrected chi connectivity index (χ2v) is 5.01. The van der Waals surface area contributed by atoms with Crippen LogP contribution in [0.25, 0.3) is 0 Å². The SMILES string of the molecule is CC(C)N(C)CCNC(=O)c1ccnc(Br)c1. The van der Waals surface area contributed by atoms with E-state index in [0.717, 1.165) is 6.54 Å². The highest BCUT2D eigenvalue weighted by Gasteiger charge is 2.07. The molecule has 1 aromatic heterocycles. The summed E-state index contributed by atoms with van der Waals surface area (Å²) in [5, 5.41) is 2.88. The van der Waals surface area contributed by atoms with E-state index in [2.05, 4.69) is 45.0 Å². The molecule has 0 atom stereocenters. The number of hydrogen-bond donors (Lipinski definition) is 1. The van der Waals surface area contributed by atoms with Crippen LogP contribution < -0.4 is 5.32 Å². The molecular weight excluding hydrogens is 282 g/mol. The second-order valence-electron chi connectivity index (χ2n) is 4.20. The summed E-state index contributed by atoms with van der Waals surface area (Å²) in [6.07, 6.45) is 1.61. The zero-order valence-corrected chi connectivity index (χ0v) is 12.0. The third-order valence-corrected chi connectivity index (χ3v) is 3.05. The molecule has 1 heterocycles.